The van der Waals surface area contributed by atoms with Crippen molar-refractivity contribution in [2.24, 2.45) is 23.7 Å². The minimum atomic E-state index is -0.797. The van der Waals surface area contributed by atoms with Crippen LogP contribution in [0, 0.1) is 23.7 Å². The van der Waals surface area contributed by atoms with E-state index in [0.29, 0.717) is 30.3 Å². The largest absolute Gasteiger partial charge is 0.481 e. The van der Waals surface area contributed by atoms with Gasteiger partial charge in [-0.05, 0) is 43.4 Å². The molecule has 0 amide bonds. The highest BCUT2D eigenvalue weighted by Crippen LogP contribution is 2.59. The minimum absolute atomic E-state index is 0.249. The maximum Gasteiger partial charge on any atom is 0.331 e. The number of rotatable bonds is 2. The average molecular weight is 222 g/mol. The zero-order chi connectivity index (χ0) is 11.4. The van der Waals surface area contributed by atoms with E-state index in [1.54, 1.807) is 0 Å². The number of fused-ring (bicyclic) bond motifs is 5. The molecule has 0 radical (unpaired) electrons. The molecule has 2 fully saturated rings. The summed E-state index contributed by atoms with van der Waals surface area (Å²) >= 11 is 0. The highest BCUT2D eigenvalue weighted by Gasteiger charge is 2.52. The number of hydrogen-bond donors (Lipinski definition) is 2. The Hall–Kier alpha value is -1.32. The summed E-state index contributed by atoms with van der Waals surface area (Å²) in [6.45, 7) is 0. The Kier molecular flexibility index (Phi) is 1.91. The maximum atomic E-state index is 11.0. The lowest BCUT2D eigenvalue weighted by Crippen LogP contribution is -2.17. The third-order valence-corrected chi connectivity index (χ3v) is 4.61. The van der Waals surface area contributed by atoms with Crippen LogP contribution >= 0.6 is 0 Å². The number of allylic oxidation sites excluding steroid dienone is 1. The van der Waals surface area contributed by atoms with E-state index in [1.807, 2.05) is 0 Å². The first-order valence-electron chi connectivity index (χ1n) is 5.76. The number of hydrogen-bond acceptors (Lipinski definition) is 2. The summed E-state index contributed by atoms with van der Waals surface area (Å²) in [4.78, 5) is 22.0. The molecule has 3 aliphatic rings. The van der Waals surface area contributed by atoms with Crippen molar-refractivity contribution < 1.29 is 19.8 Å². The summed E-state index contributed by atoms with van der Waals surface area (Å²) in [7, 11) is 0. The lowest BCUT2D eigenvalue weighted by molar-refractivity contribution is -0.141. The fourth-order valence-electron chi connectivity index (χ4n) is 3.97. The van der Waals surface area contributed by atoms with Crippen molar-refractivity contribution in [3.8, 4) is 0 Å². The smallest absolute Gasteiger partial charge is 0.331 e. The number of carbonyl (C=O) groups is 2. The maximum absolute atomic E-state index is 11.0. The number of carboxylic acids is 2. The molecule has 86 valence electrons. The lowest BCUT2D eigenvalue weighted by atomic mass is 9.83. The second-order valence-corrected chi connectivity index (χ2v) is 5.25. The second kappa shape index (κ2) is 3.09. The summed E-state index contributed by atoms with van der Waals surface area (Å²) < 4.78 is 0. The lowest BCUT2D eigenvalue weighted by Gasteiger charge is -2.21. The van der Waals surface area contributed by atoms with Gasteiger partial charge in [0.1, 0.15) is 0 Å². The molecule has 2 N–H and O–H groups in total. The predicted molar refractivity (Wildman–Crippen MR) is 54.7 cm³/mol. The minimum Gasteiger partial charge on any atom is -0.481 e. The Bertz CT molecular complexity index is 409. The van der Waals surface area contributed by atoms with Gasteiger partial charge in [0.25, 0.3) is 0 Å². The van der Waals surface area contributed by atoms with E-state index < -0.39 is 11.9 Å². The second-order valence-electron chi connectivity index (χ2n) is 5.25. The summed E-state index contributed by atoms with van der Waals surface area (Å²) in [6, 6.07) is 0. The van der Waals surface area contributed by atoms with E-state index in [2.05, 4.69) is 0 Å². The molecule has 0 spiro atoms. The third kappa shape index (κ3) is 1.16. The van der Waals surface area contributed by atoms with Gasteiger partial charge in [-0.2, -0.15) is 0 Å². The van der Waals surface area contributed by atoms with Gasteiger partial charge in [-0.1, -0.05) is 5.57 Å². The zero-order valence-corrected chi connectivity index (χ0v) is 8.85. The van der Waals surface area contributed by atoms with Crippen LogP contribution in [-0.2, 0) is 9.59 Å². The molecule has 3 rings (SSSR count). The molecule has 0 aromatic rings. The molecule has 3 aliphatic carbocycles. The quantitative estimate of drug-likeness (QED) is 0.742. The normalized spacial score (nSPS) is 40.2. The average Bonchev–Trinajstić information content (AvgIpc) is 2.87. The van der Waals surface area contributed by atoms with Crippen molar-refractivity contribution in [3.05, 3.63) is 11.1 Å². The fraction of sp³-hybridized carbons (Fsp3) is 0.667. The van der Waals surface area contributed by atoms with E-state index in [4.69, 9.17) is 10.2 Å². The molecule has 4 atom stereocenters. The van der Waals surface area contributed by atoms with Gasteiger partial charge in [0.05, 0.1) is 5.92 Å². The van der Waals surface area contributed by atoms with Gasteiger partial charge in [0.15, 0.2) is 0 Å². The highest BCUT2D eigenvalue weighted by atomic mass is 16.4. The molecule has 16 heavy (non-hydrogen) atoms. The first-order chi connectivity index (χ1) is 7.58. The van der Waals surface area contributed by atoms with Crippen LogP contribution in [0.3, 0.4) is 0 Å². The van der Waals surface area contributed by atoms with Crippen LogP contribution in [0.4, 0.5) is 0 Å². The van der Waals surface area contributed by atoms with Gasteiger partial charge in [-0.3, -0.25) is 4.79 Å². The van der Waals surface area contributed by atoms with Gasteiger partial charge in [0.2, 0.25) is 0 Å². The molecule has 0 saturated heterocycles. The molecular formula is C12H14O4. The van der Waals surface area contributed by atoms with Crippen LogP contribution in [0.15, 0.2) is 11.1 Å². The summed E-state index contributed by atoms with van der Waals surface area (Å²) in [5.74, 6) is -0.650. The molecule has 0 aromatic carbocycles. The Morgan fingerprint density at radius 2 is 1.88 bits per heavy atom. The topological polar surface area (TPSA) is 74.6 Å². The summed E-state index contributed by atoms with van der Waals surface area (Å²) in [6.07, 6.45) is 2.98. The molecule has 0 heterocycles. The van der Waals surface area contributed by atoms with Crippen LogP contribution in [0.2, 0.25) is 0 Å². The molecule has 0 aromatic heterocycles. The SMILES string of the molecule is O=C(O)C1=C2CC(C1)C1CC(C(=O)O)CC21. The molecule has 2 bridgehead atoms. The standard InChI is InChI=1S/C12H14O4/c13-11(14)6-3-7-5-1-9(8(7)4-6)10(2-5)12(15)16/h5-8H,1-4H2,(H,13,14)(H,15,16). The van der Waals surface area contributed by atoms with Gasteiger partial charge in [-0.15, -0.1) is 0 Å². The van der Waals surface area contributed by atoms with Gasteiger partial charge in [0, 0.05) is 5.57 Å². The van der Waals surface area contributed by atoms with Gasteiger partial charge < -0.3 is 10.2 Å². The van der Waals surface area contributed by atoms with E-state index in [9.17, 15) is 9.59 Å². The predicted octanol–water partition coefficient (Wildman–Crippen LogP) is 1.52. The Morgan fingerprint density at radius 1 is 1.12 bits per heavy atom. The van der Waals surface area contributed by atoms with Crippen molar-refractivity contribution >= 4 is 11.9 Å². The van der Waals surface area contributed by atoms with Crippen molar-refractivity contribution in [2.75, 3.05) is 0 Å². The molecule has 4 heteroatoms. The van der Waals surface area contributed by atoms with Crippen LogP contribution in [0.1, 0.15) is 25.7 Å². The third-order valence-electron chi connectivity index (χ3n) is 4.61. The van der Waals surface area contributed by atoms with E-state index in [1.165, 1.54) is 0 Å². The Morgan fingerprint density at radius 3 is 2.50 bits per heavy atom. The van der Waals surface area contributed by atoms with Crippen molar-refractivity contribution in [1.29, 1.82) is 0 Å². The van der Waals surface area contributed by atoms with Gasteiger partial charge >= 0.3 is 11.9 Å². The summed E-state index contributed by atoms with van der Waals surface area (Å²) in [5, 5.41) is 18.1. The van der Waals surface area contributed by atoms with E-state index >= 15 is 0 Å². The molecule has 2 saturated carbocycles. The van der Waals surface area contributed by atoms with Crippen LogP contribution in [0.25, 0.3) is 0 Å². The molecule has 4 unspecified atom stereocenters. The highest BCUT2D eigenvalue weighted by molar-refractivity contribution is 5.89. The zero-order valence-electron chi connectivity index (χ0n) is 8.85. The number of carboxylic acid groups (broad SMARTS) is 2. The van der Waals surface area contributed by atoms with Crippen molar-refractivity contribution in [1.82, 2.24) is 0 Å². The molecule has 4 nitrogen and oxygen atoms in total. The van der Waals surface area contributed by atoms with Crippen LogP contribution in [-0.4, -0.2) is 22.2 Å². The van der Waals surface area contributed by atoms with Crippen LogP contribution < -0.4 is 0 Å². The first-order valence-corrected chi connectivity index (χ1v) is 5.76. The Labute approximate surface area is 93.0 Å². The Balaban J connectivity index is 1.89. The van der Waals surface area contributed by atoms with E-state index in [0.717, 1.165) is 18.4 Å². The van der Waals surface area contributed by atoms with Crippen LogP contribution in [0.5, 0.6) is 0 Å². The summed E-state index contributed by atoms with van der Waals surface area (Å²) in [5.41, 5.74) is 1.64. The van der Waals surface area contributed by atoms with Crippen molar-refractivity contribution in [2.45, 2.75) is 25.7 Å². The fourth-order valence-corrected chi connectivity index (χ4v) is 3.97. The number of aliphatic carboxylic acids is 2. The van der Waals surface area contributed by atoms with Gasteiger partial charge in [-0.25, -0.2) is 4.79 Å². The van der Waals surface area contributed by atoms with E-state index in [-0.39, 0.29) is 11.8 Å². The molecule has 0 aliphatic heterocycles. The van der Waals surface area contributed by atoms with Crippen molar-refractivity contribution in [3.63, 3.8) is 0 Å². The first kappa shape index (κ1) is 9.87. The molecular weight excluding hydrogens is 208 g/mol. The monoisotopic (exact) mass is 222 g/mol.